The molecule has 4 heteroatoms. The number of hydrogen-bond acceptors (Lipinski definition) is 2. The highest BCUT2D eigenvalue weighted by molar-refractivity contribution is 8.56. The Balaban J connectivity index is 2.58. The van der Waals surface area contributed by atoms with Crippen LogP contribution >= 0.6 is 18.0 Å². The van der Waals surface area contributed by atoms with E-state index < -0.39 is 6.57 Å². The quantitative estimate of drug-likeness (QED) is 0.451. The van der Waals surface area contributed by atoms with Crippen molar-refractivity contribution in [3.05, 3.63) is 0 Å². The minimum Gasteiger partial charge on any atom is -0.337 e. The van der Waals surface area contributed by atoms with Crippen molar-refractivity contribution in [2.45, 2.75) is 18.1 Å². The van der Waals surface area contributed by atoms with Crippen molar-refractivity contribution in [3.8, 4) is 12.3 Å². The molecule has 1 aliphatic rings. The SMILES string of the molecule is C#CC1CCCP(=O)(O)S1. The maximum Gasteiger partial charge on any atom is 0.256 e. The van der Waals surface area contributed by atoms with Crippen LogP contribution in [-0.2, 0) is 4.57 Å². The van der Waals surface area contributed by atoms with Crippen LogP contribution in [0, 0.1) is 12.3 Å². The van der Waals surface area contributed by atoms with Crippen LogP contribution in [0.2, 0.25) is 0 Å². The predicted octanol–water partition coefficient (Wildman–Crippen LogP) is 1.70. The maximum absolute atomic E-state index is 11.0. The molecular formula is C6H9O2PS. The maximum atomic E-state index is 11.0. The Labute approximate surface area is 64.6 Å². The molecule has 1 heterocycles. The molecule has 0 aliphatic carbocycles. The average molecular weight is 176 g/mol. The Kier molecular flexibility index (Phi) is 2.46. The molecule has 0 radical (unpaired) electrons. The van der Waals surface area contributed by atoms with Crippen molar-refractivity contribution in [1.29, 1.82) is 0 Å². The van der Waals surface area contributed by atoms with E-state index >= 15 is 0 Å². The van der Waals surface area contributed by atoms with E-state index in [1.807, 2.05) is 0 Å². The van der Waals surface area contributed by atoms with Gasteiger partial charge < -0.3 is 4.89 Å². The van der Waals surface area contributed by atoms with Crippen LogP contribution in [0.15, 0.2) is 0 Å². The summed E-state index contributed by atoms with van der Waals surface area (Å²) >= 11 is 1.06. The van der Waals surface area contributed by atoms with E-state index in [1.54, 1.807) is 0 Å². The van der Waals surface area contributed by atoms with Crippen molar-refractivity contribution in [2.75, 3.05) is 6.16 Å². The highest BCUT2D eigenvalue weighted by Crippen LogP contribution is 2.60. The van der Waals surface area contributed by atoms with Crippen LogP contribution in [0.25, 0.3) is 0 Å². The van der Waals surface area contributed by atoms with Gasteiger partial charge in [0, 0.05) is 6.16 Å². The molecule has 2 nitrogen and oxygen atoms in total. The van der Waals surface area contributed by atoms with Gasteiger partial charge in [0.25, 0.3) is 6.57 Å². The van der Waals surface area contributed by atoms with Crippen LogP contribution in [0.3, 0.4) is 0 Å². The zero-order valence-corrected chi connectivity index (χ0v) is 7.20. The van der Waals surface area contributed by atoms with Gasteiger partial charge in [0.05, 0.1) is 5.25 Å². The van der Waals surface area contributed by atoms with Gasteiger partial charge in [-0.05, 0) is 12.8 Å². The molecule has 0 aromatic rings. The Morgan fingerprint density at radius 1 is 1.80 bits per heavy atom. The fraction of sp³-hybridized carbons (Fsp3) is 0.667. The van der Waals surface area contributed by atoms with Crippen LogP contribution in [-0.4, -0.2) is 16.3 Å². The Bertz CT molecular complexity index is 208. The van der Waals surface area contributed by atoms with Crippen molar-refractivity contribution < 1.29 is 9.46 Å². The minimum atomic E-state index is -2.89. The van der Waals surface area contributed by atoms with E-state index in [-0.39, 0.29) is 5.25 Å². The molecule has 0 saturated carbocycles. The summed E-state index contributed by atoms with van der Waals surface area (Å²) in [6.07, 6.45) is 7.22. The molecule has 10 heavy (non-hydrogen) atoms. The Morgan fingerprint density at radius 3 is 2.90 bits per heavy atom. The van der Waals surface area contributed by atoms with Crippen LogP contribution in [0.1, 0.15) is 12.8 Å². The lowest BCUT2D eigenvalue weighted by atomic mass is 10.2. The third-order valence-corrected chi connectivity index (χ3v) is 5.52. The van der Waals surface area contributed by atoms with Crippen LogP contribution in [0.4, 0.5) is 0 Å². The summed E-state index contributed by atoms with van der Waals surface area (Å²) in [4.78, 5) is 9.10. The molecule has 1 aliphatic heterocycles. The van der Waals surface area contributed by atoms with Gasteiger partial charge in [-0.2, -0.15) is 0 Å². The van der Waals surface area contributed by atoms with Gasteiger partial charge in [-0.25, -0.2) is 0 Å². The van der Waals surface area contributed by atoms with Crippen molar-refractivity contribution in [3.63, 3.8) is 0 Å². The first kappa shape index (κ1) is 8.20. The summed E-state index contributed by atoms with van der Waals surface area (Å²) in [5, 5.41) is -0.0374. The number of terminal acetylenes is 1. The molecule has 0 aromatic heterocycles. The van der Waals surface area contributed by atoms with Gasteiger partial charge in [0.15, 0.2) is 0 Å². The smallest absolute Gasteiger partial charge is 0.256 e. The molecular weight excluding hydrogens is 167 g/mol. The molecule has 0 spiro atoms. The zero-order valence-electron chi connectivity index (χ0n) is 5.49. The molecule has 1 saturated heterocycles. The number of hydrogen-bond donors (Lipinski definition) is 1. The van der Waals surface area contributed by atoms with Crippen LogP contribution in [0.5, 0.6) is 0 Å². The van der Waals surface area contributed by atoms with Gasteiger partial charge in [0.1, 0.15) is 0 Å². The second-order valence-electron chi connectivity index (χ2n) is 2.26. The number of rotatable bonds is 0. The zero-order chi connectivity index (χ0) is 7.61. The van der Waals surface area contributed by atoms with E-state index in [0.717, 1.165) is 24.2 Å². The summed E-state index contributed by atoms with van der Waals surface area (Å²) in [6, 6.07) is 0. The monoisotopic (exact) mass is 176 g/mol. The molecule has 2 unspecified atom stereocenters. The van der Waals surface area contributed by atoms with Gasteiger partial charge in [-0.1, -0.05) is 17.3 Å². The van der Waals surface area contributed by atoms with Gasteiger partial charge >= 0.3 is 0 Å². The standard InChI is InChI=1S/C6H9O2PS/c1-2-6-4-3-5-9(7,8)10-6/h1,6H,3-5H2,(H,7,8). The minimum absolute atomic E-state index is 0.0374. The first-order valence-corrected chi connectivity index (χ1v) is 6.43. The molecule has 1 fully saturated rings. The van der Waals surface area contributed by atoms with E-state index in [0.29, 0.717) is 6.16 Å². The highest BCUT2D eigenvalue weighted by atomic mass is 32.7. The summed E-state index contributed by atoms with van der Waals surface area (Å²) in [5.41, 5.74) is 0. The first-order valence-electron chi connectivity index (χ1n) is 3.10. The normalized spacial score (nSPS) is 40.6. The molecule has 1 rings (SSSR count). The van der Waals surface area contributed by atoms with Gasteiger partial charge in [-0.15, -0.1) is 6.42 Å². The molecule has 56 valence electrons. The fourth-order valence-electron chi connectivity index (χ4n) is 0.894. The summed E-state index contributed by atoms with van der Waals surface area (Å²) in [7, 11) is 0. The van der Waals surface area contributed by atoms with Crippen molar-refractivity contribution in [2.24, 2.45) is 0 Å². The second-order valence-corrected chi connectivity index (χ2v) is 7.11. The van der Waals surface area contributed by atoms with Crippen molar-refractivity contribution >= 4 is 18.0 Å². The summed E-state index contributed by atoms with van der Waals surface area (Å²) < 4.78 is 11.0. The van der Waals surface area contributed by atoms with Crippen LogP contribution < -0.4 is 0 Å². The topological polar surface area (TPSA) is 37.3 Å². The third kappa shape index (κ3) is 2.05. The van der Waals surface area contributed by atoms with Crippen molar-refractivity contribution in [1.82, 2.24) is 0 Å². The largest absolute Gasteiger partial charge is 0.337 e. The second kappa shape index (κ2) is 3.00. The van der Waals surface area contributed by atoms with Gasteiger partial charge in [0.2, 0.25) is 0 Å². The Hall–Kier alpha value is 0.100. The molecule has 0 aromatic carbocycles. The lowest BCUT2D eigenvalue weighted by molar-refractivity contribution is 0.492. The van der Waals surface area contributed by atoms with E-state index in [9.17, 15) is 4.57 Å². The lowest BCUT2D eigenvalue weighted by Gasteiger charge is -2.20. The Morgan fingerprint density at radius 2 is 2.50 bits per heavy atom. The predicted molar refractivity (Wildman–Crippen MR) is 44.1 cm³/mol. The van der Waals surface area contributed by atoms with E-state index in [4.69, 9.17) is 11.3 Å². The van der Waals surface area contributed by atoms with E-state index in [2.05, 4.69) is 5.92 Å². The fourth-order valence-corrected chi connectivity index (χ4v) is 4.71. The summed E-state index contributed by atoms with van der Waals surface area (Å²) in [6.45, 7) is -2.89. The first-order chi connectivity index (χ1) is 4.64. The van der Waals surface area contributed by atoms with Gasteiger partial charge in [-0.3, -0.25) is 4.57 Å². The summed E-state index contributed by atoms with van der Waals surface area (Å²) in [5.74, 6) is 2.49. The highest BCUT2D eigenvalue weighted by Gasteiger charge is 2.28. The lowest BCUT2D eigenvalue weighted by Crippen LogP contribution is -2.06. The van der Waals surface area contributed by atoms with E-state index in [1.165, 1.54) is 0 Å². The molecule has 0 bridgehead atoms. The molecule has 0 amide bonds. The third-order valence-electron chi connectivity index (χ3n) is 1.38. The molecule has 1 N–H and O–H groups in total. The molecule has 2 atom stereocenters. The average Bonchev–Trinajstić information content (AvgIpc) is 1.86.